The second kappa shape index (κ2) is 6.75. The van der Waals surface area contributed by atoms with Crippen LogP contribution in [0.2, 0.25) is 0 Å². The Morgan fingerprint density at radius 2 is 2.00 bits per heavy atom. The summed E-state index contributed by atoms with van der Waals surface area (Å²) in [4.78, 5) is 18.7. The van der Waals surface area contributed by atoms with Gasteiger partial charge in [-0.05, 0) is 31.0 Å². The first-order chi connectivity index (χ1) is 12.6. The van der Waals surface area contributed by atoms with Crippen molar-refractivity contribution in [3.63, 3.8) is 0 Å². The largest absolute Gasteiger partial charge is 0.373 e. The van der Waals surface area contributed by atoms with Crippen LogP contribution in [0.4, 0.5) is 10.1 Å². The highest BCUT2D eigenvalue weighted by Crippen LogP contribution is 2.26. The zero-order chi connectivity index (χ0) is 18.1. The monoisotopic (exact) mass is 349 g/mol. The maximum absolute atomic E-state index is 13.9. The fraction of sp³-hybridized carbons (Fsp3) is 0.238. The summed E-state index contributed by atoms with van der Waals surface area (Å²) in [7, 11) is 0. The maximum Gasteiger partial charge on any atom is 0.245 e. The van der Waals surface area contributed by atoms with Gasteiger partial charge in [-0.25, -0.2) is 4.39 Å². The summed E-state index contributed by atoms with van der Waals surface area (Å²) < 4.78 is 13.9. The van der Waals surface area contributed by atoms with Crippen molar-refractivity contribution in [3.05, 3.63) is 71.7 Å². The zero-order valence-electron chi connectivity index (χ0n) is 14.6. The number of anilines is 1. The van der Waals surface area contributed by atoms with E-state index in [1.54, 1.807) is 18.3 Å². The average molecular weight is 349 g/mol. The summed E-state index contributed by atoms with van der Waals surface area (Å²) in [5.41, 5.74) is 3.39. The van der Waals surface area contributed by atoms with Crippen LogP contribution in [0.1, 0.15) is 17.5 Å². The van der Waals surface area contributed by atoms with E-state index in [9.17, 15) is 9.18 Å². The van der Waals surface area contributed by atoms with E-state index in [4.69, 9.17) is 0 Å². The molecule has 1 amide bonds. The first kappa shape index (κ1) is 16.5. The van der Waals surface area contributed by atoms with Gasteiger partial charge < -0.3 is 10.2 Å². The van der Waals surface area contributed by atoms with Crippen LogP contribution in [0.15, 0.2) is 54.7 Å². The predicted molar refractivity (Wildman–Crippen MR) is 100 cm³/mol. The van der Waals surface area contributed by atoms with E-state index >= 15 is 0 Å². The second-order valence-electron chi connectivity index (χ2n) is 6.73. The van der Waals surface area contributed by atoms with Crippen LogP contribution in [0.25, 0.3) is 10.9 Å². The number of nitrogens with one attached hydrogen (secondary N) is 1. The number of amides is 1. The lowest BCUT2D eigenvalue weighted by Gasteiger charge is -2.18. The molecule has 1 aliphatic rings. The number of likely N-dealkylation sites (tertiary alicyclic amines) is 1. The van der Waals surface area contributed by atoms with Crippen molar-refractivity contribution in [2.24, 2.45) is 0 Å². The Balaban J connectivity index is 1.51. The molecule has 0 radical (unpaired) electrons. The van der Waals surface area contributed by atoms with Gasteiger partial charge >= 0.3 is 0 Å². The lowest BCUT2D eigenvalue weighted by Crippen LogP contribution is -2.33. The zero-order valence-corrected chi connectivity index (χ0v) is 14.6. The molecule has 4 rings (SSSR count). The lowest BCUT2D eigenvalue weighted by molar-refractivity contribution is -0.128. The Morgan fingerprint density at radius 1 is 1.19 bits per heavy atom. The van der Waals surface area contributed by atoms with Gasteiger partial charge in [0.05, 0.1) is 0 Å². The number of halogens is 1. The summed E-state index contributed by atoms with van der Waals surface area (Å²) in [5, 5.41) is 3.98. The van der Waals surface area contributed by atoms with Crippen molar-refractivity contribution >= 4 is 22.5 Å². The Morgan fingerprint density at radius 3 is 2.81 bits per heavy atom. The molecular formula is C21H20FN3O. The third-order valence-corrected chi connectivity index (χ3v) is 4.84. The van der Waals surface area contributed by atoms with E-state index in [1.165, 1.54) is 11.6 Å². The third kappa shape index (κ3) is 3.12. The number of hydrogen-bond acceptors (Lipinski definition) is 3. The van der Waals surface area contributed by atoms with Crippen molar-refractivity contribution in [3.8, 4) is 0 Å². The van der Waals surface area contributed by atoms with Crippen LogP contribution in [0, 0.1) is 12.7 Å². The van der Waals surface area contributed by atoms with E-state index in [0.717, 1.165) is 17.7 Å². The van der Waals surface area contributed by atoms with Crippen LogP contribution in [0.3, 0.4) is 0 Å². The van der Waals surface area contributed by atoms with E-state index in [-0.39, 0.29) is 17.8 Å². The van der Waals surface area contributed by atoms with Crippen molar-refractivity contribution in [2.75, 3.05) is 11.9 Å². The van der Waals surface area contributed by atoms with Crippen molar-refractivity contribution in [1.29, 1.82) is 0 Å². The van der Waals surface area contributed by atoms with Gasteiger partial charge in [0.25, 0.3) is 0 Å². The van der Waals surface area contributed by atoms with Gasteiger partial charge in [-0.15, -0.1) is 0 Å². The molecule has 1 aromatic heterocycles. The molecule has 1 unspecified atom stereocenters. The number of hydrogen-bond donors (Lipinski definition) is 1. The summed E-state index contributed by atoms with van der Waals surface area (Å²) in [5.74, 6) is -0.281. The topological polar surface area (TPSA) is 45.2 Å². The van der Waals surface area contributed by atoms with Gasteiger partial charge in [0.15, 0.2) is 0 Å². The van der Waals surface area contributed by atoms with Crippen LogP contribution in [-0.4, -0.2) is 28.4 Å². The van der Waals surface area contributed by atoms with Crippen molar-refractivity contribution in [2.45, 2.75) is 25.9 Å². The third-order valence-electron chi connectivity index (χ3n) is 4.84. The van der Waals surface area contributed by atoms with Gasteiger partial charge in [-0.3, -0.25) is 9.78 Å². The molecule has 0 spiro atoms. The highest BCUT2D eigenvalue weighted by molar-refractivity contribution is 5.94. The van der Waals surface area contributed by atoms with Gasteiger partial charge in [-0.1, -0.05) is 42.0 Å². The minimum absolute atomic E-state index is 0.0759. The normalized spacial score (nSPS) is 17.1. The van der Waals surface area contributed by atoms with Gasteiger partial charge in [0.1, 0.15) is 17.4 Å². The SMILES string of the molecule is Cc1ccc(CN2CCC(Nc3ccnc4c(F)cccc34)C2=O)cc1. The lowest BCUT2D eigenvalue weighted by atomic mass is 10.1. The molecule has 1 aliphatic heterocycles. The van der Waals surface area contributed by atoms with Gasteiger partial charge in [-0.2, -0.15) is 0 Å². The minimum Gasteiger partial charge on any atom is -0.373 e. The number of benzene rings is 2. The van der Waals surface area contributed by atoms with E-state index in [1.807, 2.05) is 17.9 Å². The minimum atomic E-state index is -0.357. The van der Waals surface area contributed by atoms with Gasteiger partial charge in [0.2, 0.25) is 5.91 Å². The molecule has 4 nitrogen and oxygen atoms in total. The Labute approximate surface area is 151 Å². The molecule has 0 bridgehead atoms. The molecule has 3 aromatic rings. The number of pyridine rings is 1. The molecule has 1 saturated heterocycles. The van der Waals surface area contributed by atoms with Crippen LogP contribution < -0.4 is 5.32 Å². The van der Waals surface area contributed by atoms with E-state index in [2.05, 4.69) is 34.6 Å². The summed E-state index contributed by atoms with van der Waals surface area (Å²) in [6.45, 7) is 3.37. The van der Waals surface area contributed by atoms with Crippen LogP contribution in [0.5, 0.6) is 0 Å². The smallest absolute Gasteiger partial charge is 0.245 e. The number of rotatable bonds is 4. The molecule has 1 atom stereocenters. The first-order valence-electron chi connectivity index (χ1n) is 8.76. The fourth-order valence-corrected chi connectivity index (χ4v) is 3.40. The summed E-state index contributed by atoms with van der Waals surface area (Å²) in [6.07, 6.45) is 2.29. The Hall–Kier alpha value is -2.95. The number of aromatic nitrogens is 1. The summed E-state index contributed by atoms with van der Waals surface area (Å²) in [6, 6.07) is 14.6. The quantitative estimate of drug-likeness (QED) is 0.777. The number of nitrogens with zero attached hydrogens (tertiary/aromatic N) is 2. The first-order valence-corrected chi connectivity index (χ1v) is 8.76. The number of aryl methyl sites for hydroxylation is 1. The standard InChI is InChI=1S/C21H20FN3O/c1-14-5-7-15(8-6-14)13-25-12-10-19(21(25)26)24-18-9-11-23-20-16(18)3-2-4-17(20)22/h2-9,11,19H,10,12-13H2,1H3,(H,23,24). The van der Waals surface area contributed by atoms with Crippen LogP contribution in [-0.2, 0) is 11.3 Å². The Bertz CT molecular complexity index is 955. The number of para-hydroxylation sites is 1. The molecule has 0 aliphatic carbocycles. The van der Waals surface area contributed by atoms with E-state index in [0.29, 0.717) is 24.0 Å². The van der Waals surface area contributed by atoms with Crippen molar-refractivity contribution in [1.82, 2.24) is 9.88 Å². The Kier molecular flexibility index (Phi) is 4.29. The highest BCUT2D eigenvalue weighted by Gasteiger charge is 2.31. The average Bonchev–Trinajstić information content (AvgIpc) is 2.98. The highest BCUT2D eigenvalue weighted by atomic mass is 19.1. The number of carbonyl (C=O) groups is 1. The summed E-state index contributed by atoms with van der Waals surface area (Å²) >= 11 is 0. The molecule has 2 heterocycles. The predicted octanol–water partition coefficient (Wildman–Crippen LogP) is 3.90. The van der Waals surface area contributed by atoms with Crippen molar-refractivity contribution < 1.29 is 9.18 Å². The molecule has 2 aromatic carbocycles. The number of carbonyl (C=O) groups excluding carboxylic acids is 1. The maximum atomic E-state index is 13.9. The molecule has 1 fully saturated rings. The molecule has 0 saturated carbocycles. The molecular weight excluding hydrogens is 329 g/mol. The van der Waals surface area contributed by atoms with E-state index < -0.39 is 0 Å². The molecule has 26 heavy (non-hydrogen) atoms. The fourth-order valence-electron chi connectivity index (χ4n) is 3.40. The molecule has 1 N–H and O–H groups in total. The second-order valence-corrected chi connectivity index (χ2v) is 6.73. The number of fused-ring (bicyclic) bond motifs is 1. The van der Waals surface area contributed by atoms with Gasteiger partial charge in [0, 0.05) is 30.4 Å². The molecule has 132 valence electrons. The molecule has 5 heteroatoms. The van der Waals surface area contributed by atoms with Crippen LogP contribution >= 0.6 is 0 Å².